The molecule has 1 N–H and O–H groups in total. The Labute approximate surface area is 171 Å². The van der Waals surface area contributed by atoms with Crippen LogP contribution in [0.5, 0.6) is 0 Å². The van der Waals surface area contributed by atoms with Crippen molar-refractivity contribution in [2.24, 2.45) is 0 Å². The Morgan fingerprint density at radius 3 is 2.41 bits per heavy atom. The summed E-state index contributed by atoms with van der Waals surface area (Å²) >= 11 is 0. The summed E-state index contributed by atoms with van der Waals surface area (Å²) in [5, 5.41) is 3.16. The summed E-state index contributed by atoms with van der Waals surface area (Å²) < 4.78 is 13.8. The van der Waals surface area contributed by atoms with Gasteiger partial charge in [-0.05, 0) is 37.6 Å². The van der Waals surface area contributed by atoms with E-state index in [9.17, 15) is 4.39 Å². The van der Waals surface area contributed by atoms with Crippen molar-refractivity contribution >= 4 is 17.5 Å². The van der Waals surface area contributed by atoms with E-state index in [1.807, 2.05) is 19.1 Å². The Kier molecular flexibility index (Phi) is 5.60. The number of benzene rings is 2. The van der Waals surface area contributed by atoms with Gasteiger partial charge in [-0.3, -0.25) is 0 Å². The van der Waals surface area contributed by atoms with Crippen LogP contribution in [-0.2, 0) is 6.54 Å². The third kappa shape index (κ3) is 4.65. The highest BCUT2D eigenvalue weighted by atomic mass is 19.1. The van der Waals surface area contributed by atoms with E-state index in [1.165, 1.54) is 17.3 Å². The number of piperazine rings is 1. The standard InChI is InChI=1S/C23H26FN5/c1-17-6-5-8-20(14-17)28-10-12-29(13-11-28)22-15-18(2)26-23(27-22)25-16-19-7-3-4-9-21(19)24/h3-9,14-15H,10-13,16H2,1-2H3,(H,25,26,27). The molecule has 1 fully saturated rings. The molecular formula is C23H26FN5. The molecule has 0 unspecified atom stereocenters. The highest BCUT2D eigenvalue weighted by molar-refractivity contribution is 5.52. The van der Waals surface area contributed by atoms with E-state index < -0.39 is 0 Å². The van der Waals surface area contributed by atoms with Gasteiger partial charge in [0.2, 0.25) is 5.95 Å². The predicted octanol–water partition coefficient (Wildman–Crippen LogP) is 4.17. The van der Waals surface area contributed by atoms with E-state index in [-0.39, 0.29) is 5.82 Å². The van der Waals surface area contributed by atoms with Crippen LogP contribution in [0.4, 0.5) is 21.8 Å². The molecule has 1 saturated heterocycles. The minimum atomic E-state index is -0.222. The number of halogens is 1. The maximum absolute atomic E-state index is 13.8. The van der Waals surface area contributed by atoms with Crippen molar-refractivity contribution < 1.29 is 4.39 Å². The molecule has 150 valence electrons. The van der Waals surface area contributed by atoms with Gasteiger partial charge in [0.25, 0.3) is 0 Å². The molecular weight excluding hydrogens is 365 g/mol. The fourth-order valence-corrected chi connectivity index (χ4v) is 3.63. The predicted molar refractivity (Wildman–Crippen MR) is 116 cm³/mol. The summed E-state index contributed by atoms with van der Waals surface area (Å²) in [6.07, 6.45) is 0. The summed E-state index contributed by atoms with van der Waals surface area (Å²) in [6, 6.07) is 17.4. The summed E-state index contributed by atoms with van der Waals surface area (Å²) in [5.41, 5.74) is 4.05. The zero-order valence-corrected chi connectivity index (χ0v) is 16.9. The van der Waals surface area contributed by atoms with E-state index in [2.05, 4.69) is 56.3 Å². The Bertz CT molecular complexity index is 983. The van der Waals surface area contributed by atoms with Crippen molar-refractivity contribution in [3.05, 3.63) is 77.2 Å². The van der Waals surface area contributed by atoms with Crippen LogP contribution in [0.1, 0.15) is 16.8 Å². The van der Waals surface area contributed by atoms with E-state index in [1.54, 1.807) is 12.1 Å². The fourth-order valence-electron chi connectivity index (χ4n) is 3.63. The van der Waals surface area contributed by atoms with Crippen molar-refractivity contribution in [1.82, 2.24) is 9.97 Å². The molecule has 6 heteroatoms. The van der Waals surface area contributed by atoms with Crippen LogP contribution in [0.15, 0.2) is 54.6 Å². The molecule has 29 heavy (non-hydrogen) atoms. The number of nitrogens with one attached hydrogen (secondary N) is 1. The normalized spacial score (nSPS) is 14.2. The lowest BCUT2D eigenvalue weighted by Gasteiger charge is -2.37. The monoisotopic (exact) mass is 391 g/mol. The van der Waals surface area contributed by atoms with Crippen LogP contribution in [0.25, 0.3) is 0 Å². The average molecular weight is 391 g/mol. The zero-order chi connectivity index (χ0) is 20.2. The minimum absolute atomic E-state index is 0.222. The van der Waals surface area contributed by atoms with Crippen molar-refractivity contribution in [1.29, 1.82) is 0 Å². The van der Waals surface area contributed by atoms with Crippen LogP contribution in [-0.4, -0.2) is 36.1 Å². The first kappa shape index (κ1) is 19.2. The SMILES string of the molecule is Cc1cccc(N2CCN(c3cc(C)nc(NCc4ccccc4F)n3)CC2)c1. The lowest BCUT2D eigenvalue weighted by atomic mass is 10.2. The van der Waals surface area contributed by atoms with Crippen molar-refractivity contribution in [2.75, 3.05) is 41.3 Å². The molecule has 0 radical (unpaired) electrons. The van der Waals surface area contributed by atoms with E-state index in [0.717, 1.165) is 37.7 Å². The van der Waals surface area contributed by atoms with Crippen LogP contribution < -0.4 is 15.1 Å². The van der Waals surface area contributed by atoms with Crippen LogP contribution in [0.2, 0.25) is 0 Å². The lowest BCUT2D eigenvalue weighted by molar-refractivity contribution is 0.612. The molecule has 0 bridgehead atoms. The largest absolute Gasteiger partial charge is 0.368 e. The molecule has 0 aliphatic carbocycles. The van der Waals surface area contributed by atoms with Crippen molar-refractivity contribution in [3.63, 3.8) is 0 Å². The smallest absolute Gasteiger partial charge is 0.225 e. The van der Waals surface area contributed by atoms with Crippen LogP contribution >= 0.6 is 0 Å². The average Bonchev–Trinajstić information content (AvgIpc) is 2.73. The number of nitrogens with zero attached hydrogens (tertiary/aromatic N) is 4. The van der Waals surface area contributed by atoms with Gasteiger partial charge in [-0.15, -0.1) is 0 Å². The molecule has 2 heterocycles. The zero-order valence-electron chi connectivity index (χ0n) is 16.9. The molecule has 0 atom stereocenters. The third-order valence-electron chi connectivity index (χ3n) is 5.21. The maximum atomic E-state index is 13.8. The van der Waals surface area contributed by atoms with Gasteiger partial charge in [-0.2, -0.15) is 4.98 Å². The van der Waals surface area contributed by atoms with E-state index >= 15 is 0 Å². The fraction of sp³-hybridized carbons (Fsp3) is 0.304. The van der Waals surface area contributed by atoms with Gasteiger partial charge in [-0.1, -0.05) is 30.3 Å². The van der Waals surface area contributed by atoms with Crippen molar-refractivity contribution in [2.45, 2.75) is 20.4 Å². The van der Waals surface area contributed by atoms with Gasteiger partial charge < -0.3 is 15.1 Å². The second-order valence-electron chi connectivity index (χ2n) is 7.45. The van der Waals surface area contributed by atoms with Gasteiger partial charge in [0, 0.05) is 55.7 Å². The summed E-state index contributed by atoms with van der Waals surface area (Å²) in [6.45, 7) is 8.14. The number of hydrogen-bond donors (Lipinski definition) is 1. The first-order chi connectivity index (χ1) is 14.1. The highest BCUT2D eigenvalue weighted by Crippen LogP contribution is 2.21. The lowest BCUT2D eigenvalue weighted by Crippen LogP contribution is -2.47. The topological polar surface area (TPSA) is 44.3 Å². The number of hydrogen-bond acceptors (Lipinski definition) is 5. The maximum Gasteiger partial charge on any atom is 0.225 e. The molecule has 0 amide bonds. The van der Waals surface area contributed by atoms with E-state index in [0.29, 0.717) is 18.1 Å². The first-order valence-electron chi connectivity index (χ1n) is 9.98. The Hall–Kier alpha value is -3.15. The van der Waals surface area contributed by atoms with Gasteiger partial charge in [0.05, 0.1) is 0 Å². The number of aromatic nitrogens is 2. The summed E-state index contributed by atoms with van der Waals surface area (Å²) in [7, 11) is 0. The second-order valence-corrected chi connectivity index (χ2v) is 7.45. The number of rotatable bonds is 5. The van der Waals surface area contributed by atoms with Gasteiger partial charge in [0.15, 0.2) is 0 Å². The third-order valence-corrected chi connectivity index (χ3v) is 5.21. The molecule has 4 rings (SSSR count). The van der Waals surface area contributed by atoms with Gasteiger partial charge in [-0.25, -0.2) is 9.37 Å². The van der Waals surface area contributed by atoms with Crippen LogP contribution in [0.3, 0.4) is 0 Å². The second kappa shape index (κ2) is 8.47. The quantitative estimate of drug-likeness (QED) is 0.707. The Morgan fingerprint density at radius 2 is 1.66 bits per heavy atom. The first-order valence-corrected chi connectivity index (χ1v) is 9.98. The molecule has 0 spiro atoms. The Balaban J connectivity index is 1.42. The molecule has 5 nitrogen and oxygen atoms in total. The van der Waals surface area contributed by atoms with Gasteiger partial charge >= 0.3 is 0 Å². The molecule has 3 aromatic rings. The molecule has 1 aromatic heterocycles. The summed E-state index contributed by atoms with van der Waals surface area (Å²) in [5.74, 6) is 1.22. The molecule has 1 aliphatic heterocycles. The number of aryl methyl sites for hydroxylation is 2. The highest BCUT2D eigenvalue weighted by Gasteiger charge is 2.19. The van der Waals surface area contributed by atoms with Crippen LogP contribution in [0, 0.1) is 19.7 Å². The summed E-state index contributed by atoms with van der Waals surface area (Å²) in [4.78, 5) is 13.8. The minimum Gasteiger partial charge on any atom is -0.368 e. The number of anilines is 3. The Morgan fingerprint density at radius 1 is 0.897 bits per heavy atom. The van der Waals surface area contributed by atoms with E-state index in [4.69, 9.17) is 0 Å². The molecule has 2 aromatic carbocycles. The molecule has 0 saturated carbocycles. The van der Waals surface area contributed by atoms with Gasteiger partial charge in [0.1, 0.15) is 11.6 Å². The van der Waals surface area contributed by atoms with Crippen molar-refractivity contribution in [3.8, 4) is 0 Å². The molecule has 1 aliphatic rings.